The van der Waals surface area contributed by atoms with Gasteiger partial charge in [0, 0.05) is 6.54 Å². The maximum Gasteiger partial charge on any atom is 0.161 e. The van der Waals surface area contributed by atoms with Crippen LogP contribution in [0.25, 0.3) is 0 Å². The van der Waals surface area contributed by atoms with Gasteiger partial charge in [-0.25, -0.2) is 0 Å². The highest BCUT2D eigenvalue weighted by molar-refractivity contribution is 5.43. The summed E-state index contributed by atoms with van der Waals surface area (Å²) in [5, 5.41) is 3.44. The molecule has 1 aromatic carbocycles. The van der Waals surface area contributed by atoms with E-state index in [0.29, 0.717) is 5.92 Å². The minimum Gasteiger partial charge on any atom is -0.493 e. The number of hydrogen-bond donors (Lipinski definition) is 1. The zero-order chi connectivity index (χ0) is 15.0. The molecule has 1 aromatic rings. The molecule has 1 N–H and O–H groups in total. The van der Waals surface area contributed by atoms with Crippen molar-refractivity contribution in [3.05, 3.63) is 23.8 Å². The van der Waals surface area contributed by atoms with E-state index in [1.165, 1.54) is 5.56 Å². The summed E-state index contributed by atoms with van der Waals surface area (Å²) in [6.45, 7) is 10.6. The van der Waals surface area contributed by atoms with Crippen LogP contribution in [0.5, 0.6) is 11.5 Å². The van der Waals surface area contributed by atoms with Gasteiger partial charge in [0.1, 0.15) is 0 Å². The van der Waals surface area contributed by atoms with Gasteiger partial charge in [-0.3, -0.25) is 0 Å². The van der Waals surface area contributed by atoms with Crippen LogP contribution in [-0.2, 0) is 6.54 Å². The van der Waals surface area contributed by atoms with Crippen LogP contribution in [0.2, 0.25) is 0 Å². The first kappa shape index (κ1) is 16.8. The molecule has 3 heteroatoms. The van der Waals surface area contributed by atoms with Crippen LogP contribution in [0.3, 0.4) is 0 Å². The van der Waals surface area contributed by atoms with Crippen molar-refractivity contribution in [2.45, 2.75) is 53.2 Å². The maximum atomic E-state index is 5.93. The molecule has 0 bridgehead atoms. The van der Waals surface area contributed by atoms with E-state index in [1.807, 2.05) is 6.07 Å². The van der Waals surface area contributed by atoms with Crippen LogP contribution in [0, 0.1) is 5.92 Å². The SMILES string of the molecule is CCCC(C)Oc1ccc(CNCC(C)C)cc1OC. The first-order chi connectivity index (χ1) is 9.56. The zero-order valence-electron chi connectivity index (χ0n) is 13.5. The second-order valence-electron chi connectivity index (χ2n) is 5.73. The molecule has 0 saturated heterocycles. The molecular formula is C17H29NO2. The number of nitrogens with one attached hydrogen (secondary N) is 1. The number of rotatable bonds is 9. The molecule has 0 aromatic heterocycles. The molecule has 0 aliphatic heterocycles. The molecule has 0 amide bonds. The summed E-state index contributed by atoms with van der Waals surface area (Å²) in [5.41, 5.74) is 1.22. The molecule has 0 aliphatic rings. The van der Waals surface area contributed by atoms with Crippen molar-refractivity contribution >= 4 is 0 Å². The third-order valence-corrected chi connectivity index (χ3v) is 3.13. The van der Waals surface area contributed by atoms with Gasteiger partial charge in [-0.05, 0) is 43.5 Å². The Labute approximate surface area is 123 Å². The smallest absolute Gasteiger partial charge is 0.161 e. The lowest BCUT2D eigenvalue weighted by Gasteiger charge is -2.17. The Morgan fingerprint density at radius 2 is 1.90 bits per heavy atom. The first-order valence-corrected chi connectivity index (χ1v) is 7.61. The molecule has 0 heterocycles. The van der Waals surface area contributed by atoms with Gasteiger partial charge >= 0.3 is 0 Å². The summed E-state index contributed by atoms with van der Waals surface area (Å²) in [6.07, 6.45) is 2.40. The summed E-state index contributed by atoms with van der Waals surface area (Å²) >= 11 is 0. The Bertz CT molecular complexity index is 391. The van der Waals surface area contributed by atoms with Crippen molar-refractivity contribution in [1.29, 1.82) is 0 Å². The van der Waals surface area contributed by atoms with Gasteiger partial charge in [0.25, 0.3) is 0 Å². The fourth-order valence-corrected chi connectivity index (χ4v) is 2.11. The van der Waals surface area contributed by atoms with Crippen molar-refractivity contribution in [3.8, 4) is 11.5 Å². The van der Waals surface area contributed by atoms with Crippen molar-refractivity contribution in [2.75, 3.05) is 13.7 Å². The Hall–Kier alpha value is -1.22. The van der Waals surface area contributed by atoms with E-state index in [9.17, 15) is 0 Å². The summed E-state index contributed by atoms with van der Waals surface area (Å²) in [5.74, 6) is 2.31. The molecule has 1 unspecified atom stereocenters. The van der Waals surface area contributed by atoms with Crippen LogP contribution in [0.1, 0.15) is 46.1 Å². The zero-order valence-corrected chi connectivity index (χ0v) is 13.5. The highest BCUT2D eigenvalue weighted by Crippen LogP contribution is 2.29. The molecule has 3 nitrogen and oxygen atoms in total. The summed E-state index contributed by atoms with van der Waals surface area (Å²) < 4.78 is 11.4. The van der Waals surface area contributed by atoms with Crippen molar-refractivity contribution in [2.24, 2.45) is 5.92 Å². The lowest BCUT2D eigenvalue weighted by Crippen LogP contribution is -2.19. The van der Waals surface area contributed by atoms with Crippen LogP contribution in [0.4, 0.5) is 0 Å². The van der Waals surface area contributed by atoms with Crippen molar-refractivity contribution < 1.29 is 9.47 Å². The Morgan fingerprint density at radius 1 is 1.15 bits per heavy atom. The largest absolute Gasteiger partial charge is 0.493 e. The molecule has 0 spiro atoms. The minimum absolute atomic E-state index is 0.221. The highest BCUT2D eigenvalue weighted by atomic mass is 16.5. The first-order valence-electron chi connectivity index (χ1n) is 7.61. The molecule has 1 rings (SSSR count). The van der Waals surface area contributed by atoms with E-state index in [2.05, 4.69) is 45.1 Å². The van der Waals surface area contributed by atoms with Gasteiger partial charge < -0.3 is 14.8 Å². The average Bonchev–Trinajstić information content (AvgIpc) is 2.40. The quantitative estimate of drug-likeness (QED) is 0.741. The molecule has 0 saturated carbocycles. The molecule has 1 atom stereocenters. The standard InChI is InChI=1S/C17H29NO2/c1-6-7-14(4)20-16-9-8-15(10-17(16)19-5)12-18-11-13(2)3/h8-10,13-14,18H,6-7,11-12H2,1-5H3. The van der Waals surface area contributed by atoms with E-state index < -0.39 is 0 Å². The summed E-state index contributed by atoms with van der Waals surface area (Å²) in [7, 11) is 1.69. The lowest BCUT2D eigenvalue weighted by molar-refractivity contribution is 0.201. The molecule has 0 aliphatic carbocycles. The molecule has 0 radical (unpaired) electrons. The fourth-order valence-electron chi connectivity index (χ4n) is 2.11. The summed E-state index contributed by atoms with van der Waals surface area (Å²) in [6, 6.07) is 6.17. The molecule has 114 valence electrons. The van der Waals surface area contributed by atoms with E-state index in [-0.39, 0.29) is 6.10 Å². The lowest BCUT2D eigenvalue weighted by atomic mass is 10.1. The molecule has 20 heavy (non-hydrogen) atoms. The number of hydrogen-bond acceptors (Lipinski definition) is 3. The van der Waals surface area contributed by atoms with Crippen LogP contribution in [-0.4, -0.2) is 19.8 Å². The number of methoxy groups -OCH3 is 1. The van der Waals surface area contributed by atoms with E-state index in [1.54, 1.807) is 7.11 Å². The Kier molecular flexibility index (Phi) is 7.45. The van der Waals surface area contributed by atoms with Gasteiger partial charge in [0.05, 0.1) is 13.2 Å². The van der Waals surface area contributed by atoms with Gasteiger partial charge in [-0.1, -0.05) is 33.3 Å². The van der Waals surface area contributed by atoms with Crippen LogP contribution in [0.15, 0.2) is 18.2 Å². The fraction of sp³-hybridized carbons (Fsp3) is 0.647. The van der Waals surface area contributed by atoms with Gasteiger partial charge in [0.2, 0.25) is 0 Å². The van der Waals surface area contributed by atoms with E-state index in [4.69, 9.17) is 9.47 Å². The molecule has 0 fully saturated rings. The van der Waals surface area contributed by atoms with Gasteiger partial charge in [-0.2, -0.15) is 0 Å². The second-order valence-corrected chi connectivity index (χ2v) is 5.73. The van der Waals surface area contributed by atoms with Crippen LogP contribution < -0.4 is 14.8 Å². The average molecular weight is 279 g/mol. The van der Waals surface area contributed by atoms with Gasteiger partial charge in [-0.15, -0.1) is 0 Å². The summed E-state index contributed by atoms with van der Waals surface area (Å²) in [4.78, 5) is 0. The van der Waals surface area contributed by atoms with E-state index in [0.717, 1.165) is 37.4 Å². The van der Waals surface area contributed by atoms with Crippen molar-refractivity contribution in [1.82, 2.24) is 5.32 Å². The highest BCUT2D eigenvalue weighted by Gasteiger charge is 2.09. The maximum absolute atomic E-state index is 5.93. The Balaban J connectivity index is 2.65. The minimum atomic E-state index is 0.221. The Morgan fingerprint density at radius 3 is 2.50 bits per heavy atom. The normalized spacial score (nSPS) is 12.5. The third kappa shape index (κ3) is 5.83. The third-order valence-electron chi connectivity index (χ3n) is 3.13. The number of benzene rings is 1. The number of ether oxygens (including phenoxy) is 2. The van der Waals surface area contributed by atoms with Gasteiger partial charge in [0.15, 0.2) is 11.5 Å². The predicted octanol–water partition coefficient (Wildman–Crippen LogP) is 4.01. The second kappa shape index (κ2) is 8.85. The van der Waals surface area contributed by atoms with Crippen LogP contribution >= 0.6 is 0 Å². The topological polar surface area (TPSA) is 30.5 Å². The van der Waals surface area contributed by atoms with E-state index >= 15 is 0 Å². The van der Waals surface area contributed by atoms with Crippen molar-refractivity contribution in [3.63, 3.8) is 0 Å². The predicted molar refractivity (Wildman–Crippen MR) is 84.5 cm³/mol. The monoisotopic (exact) mass is 279 g/mol. The molecular weight excluding hydrogens is 250 g/mol.